The Hall–Kier alpha value is -2.88. The Morgan fingerprint density at radius 3 is 2.21 bits per heavy atom. The highest BCUT2D eigenvalue weighted by molar-refractivity contribution is 9.10. The highest BCUT2D eigenvalue weighted by Gasteiger charge is 2.33. The summed E-state index contributed by atoms with van der Waals surface area (Å²) in [5.74, 6) is -0.792. The number of carbonyl (C=O) groups excluding carboxylic acids is 2. The maximum absolute atomic E-state index is 14.0. The van der Waals surface area contributed by atoms with Crippen molar-refractivity contribution in [3.63, 3.8) is 0 Å². The minimum Gasteiger partial charge on any atom is -0.354 e. The van der Waals surface area contributed by atoms with E-state index in [2.05, 4.69) is 21.2 Å². The first-order valence-electron chi connectivity index (χ1n) is 12.7. The molecule has 3 aromatic carbocycles. The van der Waals surface area contributed by atoms with Gasteiger partial charge in [-0.3, -0.25) is 13.9 Å². The van der Waals surface area contributed by atoms with Gasteiger partial charge in [-0.1, -0.05) is 79.5 Å². The lowest BCUT2D eigenvalue weighted by molar-refractivity contribution is -0.140. The van der Waals surface area contributed by atoms with Crippen LogP contribution in [-0.2, 0) is 32.6 Å². The van der Waals surface area contributed by atoms with Crippen LogP contribution >= 0.6 is 27.5 Å². The van der Waals surface area contributed by atoms with E-state index in [0.29, 0.717) is 21.7 Å². The molecule has 3 aromatic rings. The van der Waals surface area contributed by atoms with Gasteiger partial charge >= 0.3 is 0 Å². The van der Waals surface area contributed by atoms with E-state index in [4.69, 9.17) is 11.6 Å². The fraction of sp³-hybridized carbons (Fsp3) is 0.310. The van der Waals surface area contributed by atoms with Gasteiger partial charge in [0, 0.05) is 29.0 Å². The Kier molecular flexibility index (Phi) is 11.4. The van der Waals surface area contributed by atoms with E-state index < -0.39 is 28.5 Å². The Labute approximate surface area is 244 Å². The molecule has 0 heterocycles. The van der Waals surface area contributed by atoms with Crippen molar-refractivity contribution in [2.24, 2.45) is 0 Å². The largest absolute Gasteiger partial charge is 0.354 e. The molecule has 7 nitrogen and oxygen atoms in total. The number of hydrogen-bond acceptors (Lipinski definition) is 4. The average molecular weight is 635 g/mol. The minimum absolute atomic E-state index is 0.0995. The first-order chi connectivity index (χ1) is 18.6. The SMILES string of the molecule is CCCCNC(=O)[C@H](Cc1ccccc1)N(Cc1ccc(Cl)cc1)C(=O)CN(c1ccccc1Br)S(C)(=O)=O. The van der Waals surface area contributed by atoms with Crippen molar-refractivity contribution < 1.29 is 18.0 Å². The molecule has 0 aromatic heterocycles. The number of benzene rings is 3. The summed E-state index contributed by atoms with van der Waals surface area (Å²) in [5, 5.41) is 3.51. The molecular weight excluding hydrogens is 602 g/mol. The molecule has 0 aliphatic carbocycles. The van der Waals surface area contributed by atoms with E-state index in [9.17, 15) is 18.0 Å². The highest BCUT2D eigenvalue weighted by atomic mass is 79.9. The monoisotopic (exact) mass is 633 g/mol. The van der Waals surface area contributed by atoms with E-state index in [-0.39, 0.29) is 18.9 Å². The Balaban J connectivity index is 2.03. The van der Waals surface area contributed by atoms with Crippen LogP contribution in [-0.4, -0.2) is 50.5 Å². The van der Waals surface area contributed by atoms with Crippen LogP contribution in [0.5, 0.6) is 0 Å². The second kappa shape index (κ2) is 14.5. The van der Waals surface area contributed by atoms with Gasteiger partial charge in [-0.05, 0) is 57.7 Å². The summed E-state index contributed by atoms with van der Waals surface area (Å²) in [7, 11) is -3.83. The van der Waals surface area contributed by atoms with Gasteiger partial charge in [-0.25, -0.2) is 8.42 Å². The summed E-state index contributed by atoms with van der Waals surface area (Å²) >= 11 is 9.48. The van der Waals surface area contributed by atoms with Crippen molar-refractivity contribution in [3.8, 4) is 0 Å². The van der Waals surface area contributed by atoms with E-state index in [1.165, 1.54) is 4.90 Å². The van der Waals surface area contributed by atoms with Crippen molar-refractivity contribution >= 4 is 55.1 Å². The molecule has 0 fully saturated rings. The number of hydrogen-bond donors (Lipinski definition) is 1. The van der Waals surface area contributed by atoms with Gasteiger partial charge in [0.15, 0.2) is 0 Å². The summed E-state index contributed by atoms with van der Waals surface area (Å²) in [6.45, 7) is 2.15. The normalized spacial score (nSPS) is 12.0. The number of para-hydroxylation sites is 1. The standard InChI is InChI=1S/C29H33BrClN3O4S/c1-3-4-18-32-29(36)27(19-22-10-6-5-7-11-22)33(20-23-14-16-24(31)17-15-23)28(35)21-34(39(2,37)38)26-13-9-8-12-25(26)30/h5-17,27H,3-4,18-21H2,1-2H3,(H,32,36)/t27-/m0/s1. The molecule has 39 heavy (non-hydrogen) atoms. The predicted octanol–water partition coefficient (Wildman–Crippen LogP) is 5.42. The molecule has 1 atom stereocenters. The van der Waals surface area contributed by atoms with Crippen LogP contribution in [0.15, 0.2) is 83.3 Å². The van der Waals surface area contributed by atoms with E-state index in [1.54, 1.807) is 48.5 Å². The quantitative estimate of drug-likeness (QED) is 0.254. The van der Waals surface area contributed by atoms with Crippen LogP contribution < -0.4 is 9.62 Å². The van der Waals surface area contributed by atoms with Gasteiger partial charge in [0.2, 0.25) is 21.8 Å². The molecule has 0 aliphatic rings. The first-order valence-corrected chi connectivity index (χ1v) is 15.7. The highest BCUT2D eigenvalue weighted by Crippen LogP contribution is 2.28. The van der Waals surface area contributed by atoms with Crippen LogP contribution in [0.4, 0.5) is 5.69 Å². The lowest BCUT2D eigenvalue weighted by Gasteiger charge is -2.33. The molecule has 1 N–H and O–H groups in total. The Bertz CT molecular complexity index is 1350. The van der Waals surface area contributed by atoms with Crippen molar-refractivity contribution in [1.29, 1.82) is 0 Å². The number of unbranched alkanes of at least 4 members (excludes halogenated alkanes) is 1. The van der Waals surface area contributed by atoms with Gasteiger partial charge < -0.3 is 10.2 Å². The third-order valence-corrected chi connectivity index (χ3v) is 8.22. The van der Waals surface area contributed by atoms with E-state index in [0.717, 1.165) is 34.5 Å². The number of nitrogens with zero attached hydrogens (tertiary/aromatic N) is 2. The van der Waals surface area contributed by atoms with Crippen LogP contribution in [0.3, 0.4) is 0 Å². The second-order valence-electron chi connectivity index (χ2n) is 9.22. The number of sulfonamides is 1. The van der Waals surface area contributed by atoms with Crippen molar-refractivity contribution in [2.45, 2.75) is 38.8 Å². The van der Waals surface area contributed by atoms with E-state index in [1.807, 2.05) is 37.3 Å². The maximum atomic E-state index is 14.0. The Morgan fingerprint density at radius 2 is 1.59 bits per heavy atom. The molecule has 10 heteroatoms. The number of amides is 2. The molecule has 208 valence electrons. The fourth-order valence-electron chi connectivity index (χ4n) is 4.10. The first kappa shape index (κ1) is 30.7. The number of nitrogens with one attached hydrogen (secondary N) is 1. The zero-order chi connectivity index (χ0) is 28.4. The number of carbonyl (C=O) groups is 2. The molecule has 0 aliphatic heterocycles. The lowest BCUT2D eigenvalue weighted by Crippen LogP contribution is -2.53. The van der Waals surface area contributed by atoms with Crippen LogP contribution in [0.25, 0.3) is 0 Å². The summed E-state index contributed by atoms with van der Waals surface area (Å²) in [6.07, 6.45) is 3.04. The van der Waals surface area contributed by atoms with Crippen LogP contribution in [0.2, 0.25) is 5.02 Å². The molecule has 2 amide bonds. The molecule has 0 radical (unpaired) electrons. The van der Waals surface area contributed by atoms with E-state index >= 15 is 0 Å². The van der Waals surface area contributed by atoms with Gasteiger partial charge in [0.25, 0.3) is 0 Å². The molecule has 0 saturated carbocycles. The molecule has 0 saturated heterocycles. The second-order valence-corrected chi connectivity index (χ2v) is 12.4. The van der Waals surface area contributed by atoms with Crippen molar-refractivity contribution in [2.75, 3.05) is 23.7 Å². The van der Waals surface area contributed by atoms with Gasteiger partial charge in [-0.15, -0.1) is 0 Å². The fourth-order valence-corrected chi connectivity index (χ4v) is 5.70. The van der Waals surface area contributed by atoms with Crippen molar-refractivity contribution in [1.82, 2.24) is 10.2 Å². The average Bonchev–Trinajstić information content (AvgIpc) is 2.91. The third kappa shape index (κ3) is 9.08. The number of halogens is 2. The third-order valence-electron chi connectivity index (χ3n) is 6.17. The maximum Gasteiger partial charge on any atom is 0.244 e. The minimum atomic E-state index is -3.83. The zero-order valence-corrected chi connectivity index (χ0v) is 25.2. The van der Waals surface area contributed by atoms with Gasteiger partial charge in [-0.2, -0.15) is 0 Å². The summed E-state index contributed by atoms with van der Waals surface area (Å²) in [6, 6.07) is 22.4. The topological polar surface area (TPSA) is 86.8 Å². The number of anilines is 1. The summed E-state index contributed by atoms with van der Waals surface area (Å²) < 4.78 is 27.3. The zero-order valence-electron chi connectivity index (χ0n) is 22.0. The van der Waals surface area contributed by atoms with Gasteiger partial charge in [0.05, 0.1) is 11.9 Å². The smallest absolute Gasteiger partial charge is 0.244 e. The summed E-state index contributed by atoms with van der Waals surface area (Å²) in [5.41, 5.74) is 1.98. The van der Waals surface area contributed by atoms with Crippen LogP contribution in [0, 0.1) is 0 Å². The molecule has 0 unspecified atom stereocenters. The van der Waals surface area contributed by atoms with Crippen molar-refractivity contribution in [3.05, 3.63) is 99.5 Å². The Morgan fingerprint density at radius 1 is 0.949 bits per heavy atom. The molecular formula is C29H33BrClN3O4S. The predicted molar refractivity (Wildman–Crippen MR) is 160 cm³/mol. The molecule has 0 bridgehead atoms. The van der Waals surface area contributed by atoms with Gasteiger partial charge in [0.1, 0.15) is 12.6 Å². The lowest BCUT2D eigenvalue weighted by atomic mass is 10.0. The summed E-state index contributed by atoms with van der Waals surface area (Å²) in [4.78, 5) is 29.0. The number of rotatable bonds is 13. The molecule has 0 spiro atoms. The van der Waals surface area contributed by atoms with Crippen LogP contribution in [0.1, 0.15) is 30.9 Å². The molecule has 3 rings (SSSR count).